The molecule has 1 amide bonds. The van der Waals surface area contributed by atoms with Gasteiger partial charge in [-0.05, 0) is 49.3 Å². The molecule has 1 aliphatic rings. The molecule has 3 nitrogen and oxygen atoms in total. The third-order valence-electron chi connectivity index (χ3n) is 3.56. The molecule has 1 fully saturated rings. The van der Waals surface area contributed by atoms with Gasteiger partial charge in [-0.1, -0.05) is 6.07 Å². The van der Waals surface area contributed by atoms with E-state index in [0.29, 0.717) is 18.9 Å². The number of nitrogens with zero attached hydrogens (tertiary/aromatic N) is 1. The fraction of sp³-hybridized carbons (Fsp3) is 0.533. The predicted octanol–water partition coefficient (Wildman–Crippen LogP) is 3.28. The molecule has 1 aromatic rings. The van der Waals surface area contributed by atoms with Crippen LogP contribution in [0.25, 0.3) is 0 Å². The van der Waals surface area contributed by atoms with Crippen LogP contribution in [0.1, 0.15) is 26.2 Å². The number of benzene rings is 1. The number of aromatic hydroxyl groups is 1. The second-order valence-corrected chi connectivity index (χ2v) is 6.14. The number of phenols is 1. The molecule has 0 saturated carbocycles. The Morgan fingerprint density at radius 2 is 2.16 bits per heavy atom. The van der Waals surface area contributed by atoms with E-state index in [4.69, 9.17) is 0 Å². The smallest absolute Gasteiger partial charge is 0.227 e. The molecule has 0 atom stereocenters. The van der Waals surface area contributed by atoms with Gasteiger partial charge in [-0.3, -0.25) is 4.79 Å². The summed E-state index contributed by atoms with van der Waals surface area (Å²) in [6.07, 6.45) is 2.92. The van der Waals surface area contributed by atoms with E-state index in [0.717, 1.165) is 18.5 Å². The third-order valence-corrected chi connectivity index (χ3v) is 4.61. The highest BCUT2D eigenvalue weighted by molar-refractivity contribution is 7.99. The summed E-state index contributed by atoms with van der Waals surface area (Å²) in [6.45, 7) is 2.61. The lowest BCUT2D eigenvalue weighted by atomic mass is 9.98. The van der Waals surface area contributed by atoms with Crippen LogP contribution >= 0.6 is 11.8 Å². The number of amides is 1. The summed E-state index contributed by atoms with van der Waals surface area (Å²) in [5, 5.41) is 9.52. The fourth-order valence-corrected chi connectivity index (χ4v) is 3.68. The minimum Gasteiger partial charge on any atom is -0.508 e. The standard InChI is InChI=1S/C15H21NO2S/c1-2-16(13-4-3-5-14(17)11-13)15(18)10-12-6-8-19-9-7-12/h3-5,11-12,17H,2,6-10H2,1H3. The largest absolute Gasteiger partial charge is 0.508 e. The summed E-state index contributed by atoms with van der Waals surface area (Å²) in [5.41, 5.74) is 0.790. The van der Waals surface area contributed by atoms with Crippen molar-refractivity contribution in [1.29, 1.82) is 0 Å². The number of rotatable bonds is 4. The molecule has 0 aromatic heterocycles. The Morgan fingerprint density at radius 3 is 2.79 bits per heavy atom. The predicted molar refractivity (Wildman–Crippen MR) is 80.8 cm³/mol. The van der Waals surface area contributed by atoms with E-state index in [1.165, 1.54) is 11.5 Å². The SMILES string of the molecule is CCN(C(=O)CC1CCSCC1)c1cccc(O)c1. The zero-order valence-electron chi connectivity index (χ0n) is 11.3. The van der Waals surface area contributed by atoms with Crippen molar-refractivity contribution < 1.29 is 9.90 Å². The Hall–Kier alpha value is -1.16. The molecular formula is C15H21NO2S. The Kier molecular flexibility index (Phi) is 5.14. The zero-order valence-corrected chi connectivity index (χ0v) is 12.2. The summed E-state index contributed by atoms with van der Waals surface area (Å²) < 4.78 is 0. The van der Waals surface area contributed by atoms with E-state index in [1.807, 2.05) is 24.8 Å². The van der Waals surface area contributed by atoms with E-state index in [9.17, 15) is 9.90 Å². The van der Waals surface area contributed by atoms with E-state index in [1.54, 1.807) is 23.1 Å². The van der Waals surface area contributed by atoms with Crippen LogP contribution in [0.5, 0.6) is 5.75 Å². The summed E-state index contributed by atoms with van der Waals surface area (Å²) in [6, 6.07) is 6.92. The average molecular weight is 279 g/mol. The molecule has 1 heterocycles. The van der Waals surface area contributed by atoms with Gasteiger partial charge in [-0.2, -0.15) is 11.8 Å². The molecule has 0 radical (unpaired) electrons. The summed E-state index contributed by atoms with van der Waals surface area (Å²) >= 11 is 1.98. The van der Waals surface area contributed by atoms with Gasteiger partial charge in [0, 0.05) is 24.7 Å². The van der Waals surface area contributed by atoms with Gasteiger partial charge in [-0.15, -0.1) is 0 Å². The van der Waals surface area contributed by atoms with Crippen molar-refractivity contribution in [2.75, 3.05) is 23.0 Å². The summed E-state index contributed by atoms with van der Waals surface area (Å²) in [7, 11) is 0. The van der Waals surface area contributed by atoms with Crippen LogP contribution < -0.4 is 4.90 Å². The number of carbonyl (C=O) groups is 1. The summed E-state index contributed by atoms with van der Waals surface area (Å²) in [4.78, 5) is 14.2. The Morgan fingerprint density at radius 1 is 1.42 bits per heavy atom. The van der Waals surface area contributed by atoms with Crippen LogP contribution in [-0.4, -0.2) is 29.1 Å². The van der Waals surface area contributed by atoms with Crippen LogP contribution in [0.15, 0.2) is 24.3 Å². The number of hydrogen-bond acceptors (Lipinski definition) is 3. The van der Waals surface area contributed by atoms with Crippen LogP contribution in [0.2, 0.25) is 0 Å². The molecule has 1 aliphatic heterocycles. The Balaban J connectivity index is 2.02. The van der Waals surface area contributed by atoms with E-state index < -0.39 is 0 Å². The van der Waals surface area contributed by atoms with Crippen LogP contribution in [0.3, 0.4) is 0 Å². The number of phenolic OH excluding ortho intramolecular Hbond substituents is 1. The van der Waals surface area contributed by atoms with Crippen LogP contribution in [0.4, 0.5) is 5.69 Å². The van der Waals surface area contributed by atoms with Gasteiger partial charge in [-0.25, -0.2) is 0 Å². The second kappa shape index (κ2) is 6.85. The van der Waals surface area contributed by atoms with Crippen molar-refractivity contribution in [1.82, 2.24) is 0 Å². The maximum absolute atomic E-state index is 12.4. The molecule has 2 rings (SSSR count). The maximum atomic E-state index is 12.4. The van der Waals surface area contributed by atoms with Crippen molar-refractivity contribution in [3.8, 4) is 5.75 Å². The lowest BCUT2D eigenvalue weighted by Gasteiger charge is -2.26. The zero-order chi connectivity index (χ0) is 13.7. The molecule has 1 saturated heterocycles. The monoisotopic (exact) mass is 279 g/mol. The van der Waals surface area contributed by atoms with Gasteiger partial charge in [0.05, 0.1) is 0 Å². The average Bonchev–Trinajstić information content (AvgIpc) is 2.41. The maximum Gasteiger partial charge on any atom is 0.227 e. The Labute approximate surface area is 119 Å². The summed E-state index contributed by atoms with van der Waals surface area (Å²) in [5.74, 6) is 3.26. The lowest BCUT2D eigenvalue weighted by Crippen LogP contribution is -2.32. The quantitative estimate of drug-likeness (QED) is 0.919. The van der Waals surface area contributed by atoms with Gasteiger partial charge in [0.15, 0.2) is 0 Å². The van der Waals surface area contributed by atoms with Gasteiger partial charge in [0.1, 0.15) is 5.75 Å². The molecule has 0 unspecified atom stereocenters. The van der Waals surface area contributed by atoms with Gasteiger partial charge in [0.2, 0.25) is 5.91 Å². The topological polar surface area (TPSA) is 40.5 Å². The van der Waals surface area contributed by atoms with E-state index in [2.05, 4.69) is 0 Å². The van der Waals surface area contributed by atoms with Gasteiger partial charge >= 0.3 is 0 Å². The first-order valence-corrected chi connectivity index (χ1v) is 8.03. The Bertz CT molecular complexity index is 430. The molecule has 1 N–H and O–H groups in total. The van der Waals surface area contributed by atoms with Crippen LogP contribution in [-0.2, 0) is 4.79 Å². The number of carbonyl (C=O) groups excluding carboxylic acids is 1. The van der Waals surface area contributed by atoms with Crippen molar-refractivity contribution in [3.63, 3.8) is 0 Å². The molecule has 0 aliphatic carbocycles. The molecular weight excluding hydrogens is 258 g/mol. The first kappa shape index (κ1) is 14.3. The highest BCUT2D eigenvalue weighted by Crippen LogP contribution is 2.27. The highest BCUT2D eigenvalue weighted by atomic mass is 32.2. The second-order valence-electron chi connectivity index (χ2n) is 4.92. The normalized spacial score (nSPS) is 16.3. The first-order chi connectivity index (χ1) is 9.20. The number of anilines is 1. The van der Waals surface area contributed by atoms with Gasteiger partial charge < -0.3 is 10.0 Å². The van der Waals surface area contributed by atoms with Crippen molar-refractivity contribution in [2.24, 2.45) is 5.92 Å². The minimum absolute atomic E-state index is 0.171. The van der Waals surface area contributed by atoms with Gasteiger partial charge in [0.25, 0.3) is 0 Å². The molecule has 1 aromatic carbocycles. The number of hydrogen-bond donors (Lipinski definition) is 1. The molecule has 4 heteroatoms. The van der Waals surface area contributed by atoms with Crippen molar-refractivity contribution >= 4 is 23.4 Å². The molecule has 104 valence electrons. The lowest BCUT2D eigenvalue weighted by molar-refractivity contribution is -0.119. The molecule has 0 bridgehead atoms. The molecule has 19 heavy (non-hydrogen) atoms. The van der Waals surface area contributed by atoms with E-state index >= 15 is 0 Å². The fourth-order valence-electron chi connectivity index (χ4n) is 2.47. The molecule has 0 spiro atoms. The van der Waals surface area contributed by atoms with Crippen LogP contribution in [0, 0.1) is 5.92 Å². The van der Waals surface area contributed by atoms with Crippen molar-refractivity contribution in [2.45, 2.75) is 26.2 Å². The first-order valence-electron chi connectivity index (χ1n) is 6.88. The number of thioether (sulfide) groups is 1. The highest BCUT2D eigenvalue weighted by Gasteiger charge is 2.21. The van der Waals surface area contributed by atoms with Crippen molar-refractivity contribution in [3.05, 3.63) is 24.3 Å². The minimum atomic E-state index is 0.171. The third kappa shape index (κ3) is 3.90. The van der Waals surface area contributed by atoms with E-state index in [-0.39, 0.29) is 11.7 Å².